The third-order valence-corrected chi connectivity index (χ3v) is 3.36. The SMILES string of the molecule is COCCNCc1ccn(CCC2CCCO2)c1. The number of methoxy groups -OCH3 is 1. The van der Waals surface area contributed by atoms with Crippen LogP contribution < -0.4 is 5.32 Å². The van der Waals surface area contributed by atoms with Crippen molar-refractivity contribution in [3.8, 4) is 0 Å². The molecule has 0 aromatic carbocycles. The van der Waals surface area contributed by atoms with Crippen molar-refractivity contribution < 1.29 is 9.47 Å². The molecule has 0 bridgehead atoms. The number of nitrogens with one attached hydrogen (secondary N) is 1. The summed E-state index contributed by atoms with van der Waals surface area (Å²) in [5, 5.41) is 3.35. The average Bonchev–Trinajstić information content (AvgIpc) is 3.03. The molecule has 0 saturated carbocycles. The van der Waals surface area contributed by atoms with Crippen LogP contribution in [0.3, 0.4) is 0 Å². The van der Waals surface area contributed by atoms with Gasteiger partial charge in [0.25, 0.3) is 0 Å². The fourth-order valence-electron chi connectivity index (χ4n) is 2.31. The van der Waals surface area contributed by atoms with Gasteiger partial charge in [-0.15, -0.1) is 0 Å². The van der Waals surface area contributed by atoms with E-state index >= 15 is 0 Å². The molecule has 1 atom stereocenters. The van der Waals surface area contributed by atoms with E-state index in [1.807, 2.05) is 0 Å². The van der Waals surface area contributed by atoms with Crippen molar-refractivity contribution in [2.24, 2.45) is 0 Å². The Kier molecular flexibility index (Phi) is 5.71. The second kappa shape index (κ2) is 7.56. The molecule has 18 heavy (non-hydrogen) atoms. The lowest BCUT2D eigenvalue weighted by molar-refractivity contribution is 0.100. The van der Waals surface area contributed by atoms with Crippen molar-refractivity contribution in [2.75, 3.05) is 26.9 Å². The predicted octanol–water partition coefficient (Wildman–Crippen LogP) is 1.79. The molecule has 1 aliphatic heterocycles. The largest absolute Gasteiger partial charge is 0.383 e. The maximum Gasteiger partial charge on any atom is 0.0593 e. The molecule has 1 aromatic heterocycles. The zero-order valence-electron chi connectivity index (χ0n) is 11.2. The normalized spacial score (nSPS) is 19.5. The lowest BCUT2D eigenvalue weighted by Gasteiger charge is -2.09. The molecule has 1 N–H and O–H groups in total. The average molecular weight is 252 g/mol. The van der Waals surface area contributed by atoms with Gasteiger partial charge in [0.05, 0.1) is 12.7 Å². The molecule has 2 rings (SSSR count). The maximum absolute atomic E-state index is 5.63. The van der Waals surface area contributed by atoms with Crippen molar-refractivity contribution in [3.63, 3.8) is 0 Å². The summed E-state index contributed by atoms with van der Waals surface area (Å²) in [6.07, 6.45) is 8.44. The summed E-state index contributed by atoms with van der Waals surface area (Å²) in [4.78, 5) is 0. The molecule has 4 nitrogen and oxygen atoms in total. The van der Waals surface area contributed by atoms with E-state index in [1.54, 1.807) is 7.11 Å². The number of hydrogen-bond donors (Lipinski definition) is 1. The highest BCUT2D eigenvalue weighted by atomic mass is 16.5. The monoisotopic (exact) mass is 252 g/mol. The van der Waals surface area contributed by atoms with Crippen molar-refractivity contribution in [1.29, 1.82) is 0 Å². The first-order chi connectivity index (χ1) is 8.88. The molecule has 0 amide bonds. The lowest BCUT2D eigenvalue weighted by atomic mass is 10.2. The van der Waals surface area contributed by atoms with E-state index in [0.717, 1.165) is 39.3 Å². The van der Waals surface area contributed by atoms with Gasteiger partial charge in [-0.3, -0.25) is 0 Å². The van der Waals surface area contributed by atoms with E-state index in [1.165, 1.54) is 18.4 Å². The molecular weight excluding hydrogens is 228 g/mol. The summed E-state index contributed by atoms with van der Waals surface area (Å²) in [6.45, 7) is 4.58. The van der Waals surface area contributed by atoms with Gasteiger partial charge in [0.1, 0.15) is 0 Å². The van der Waals surface area contributed by atoms with E-state index in [9.17, 15) is 0 Å². The Hall–Kier alpha value is -0.840. The van der Waals surface area contributed by atoms with Crippen molar-refractivity contribution in [2.45, 2.75) is 38.5 Å². The number of aromatic nitrogens is 1. The minimum absolute atomic E-state index is 0.482. The molecule has 1 unspecified atom stereocenters. The Morgan fingerprint density at radius 1 is 1.56 bits per heavy atom. The van der Waals surface area contributed by atoms with Crippen LogP contribution in [-0.4, -0.2) is 37.5 Å². The molecular formula is C14H24N2O2. The molecule has 0 aliphatic carbocycles. The van der Waals surface area contributed by atoms with Crippen molar-refractivity contribution in [1.82, 2.24) is 9.88 Å². The Labute approximate surface area is 109 Å². The van der Waals surface area contributed by atoms with Crippen LogP contribution in [-0.2, 0) is 22.6 Å². The first-order valence-corrected chi connectivity index (χ1v) is 6.84. The first-order valence-electron chi connectivity index (χ1n) is 6.84. The first kappa shape index (κ1) is 13.6. The molecule has 4 heteroatoms. The topological polar surface area (TPSA) is 35.4 Å². The Bertz CT molecular complexity index is 332. The van der Waals surface area contributed by atoms with Crippen LogP contribution in [0.1, 0.15) is 24.8 Å². The zero-order valence-corrected chi connectivity index (χ0v) is 11.2. The van der Waals surface area contributed by atoms with Crippen LogP contribution in [0.15, 0.2) is 18.5 Å². The summed E-state index contributed by atoms with van der Waals surface area (Å²) in [6, 6.07) is 2.18. The van der Waals surface area contributed by atoms with Gasteiger partial charge < -0.3 is 19.4 Å². The maximum atomic E-state index is 5.63. The number of ether oxygens (including phenoxy) is 2. The summed E-state index contributed by atoms with van der Waals surface area (Å²) in [5.41, 5.74) is 1.33. The molecule has 1 aromatic rings. The van der Waals surface area contributed by atoms with Gasteiger partial charge in [0, 0.05) is 45.7 Å². The van der Waals surface area contributed by atoms with Gasteiger partial charge in [0.2, 0.25) is 0 Å². The lowest BCUT2D eigenvalue weighted by Crippen LogP contribution is -2.18. The summed E-state index contributed by atoms with van der Waals surface area (Å²) < 4.78 is 12.9. The second-order valence-electron chi connectivity index (χ2n) is 4.85. The fraction of sp³-hybridized carbons (Fsp3) is 0.714. The van der Waals surface area contributed by atoms with Crippen LogP contribution >= 0.6 is 0 Å². The molecule has 102 valence electrons. The van der Waals surface area contributed by atoms with E-state index in [4.69, 9.17) is 9.47 Å². The highest BCUT2D eigenvalue weighted by Gasteiger charge is 2.14. The molecule has 1 aliphatic rings. The number of aryl methyl sites for hydroxylation is 1. The predicted molar refractivity (Wildman–Crippen MR) is 71.6 cm³/mol. The van der Waals surface area contributed by atoms with Gasteiger partial charge >= 0.3 is 0 Å². The van der Waals surface area contributed by atoms with E-state index in [0.29, 0.717) is 6.10 Å². The number of rotatable bonds is 8. The zero-order chi connectivity index (χ0) is 12.6. The van der Waals surface area contributed by atoms with E-state index in [2.05, 4.69) is 28.3 Å². The molecule has 2 heterocycles. The minimum atomic E-state index is 0.482. The fourth-order valence-corrected chi connectivity index (χ4v) is 2.31. The van der Waals surface area contributed by atoms with Crippen LogP contribution in [0.4, 0.5) is 0 Å². The smallest absolute Gasteiger partial charge is 0.0593 e. The minimum Gasteiger partial charge on any atom is -0.383 e. The third-order valence-electron chi connectivity index (χ3n) is 3.36. The molecule has 1 saturated heterocycles. The standard InChI is InChI=1S/C14H24N2O2/c1-17-10-6-15-11-13-4-7-16(12-13)8-5-14-3-2-9-18-14/h4,7,12,14-15H,2-3,5-6,8-11H2,1H3. The highest BCUT2D eigenvalue weighted by molar-refractivity contribution is 5.09. The summed E-state index contributed by atoms with van der Waals surface area (Å²) in [7, 11) is 1.73. The summed E-state index contributed by atoms with van der Waals surface area (Å²) in [5.74, 6) is 0. The number of hydrogen-bond acceptors (Lipinski definition) is 3. The van der Waals surface area contributed by atoms with Crippen molar-refractivity contribution in [3.05, 3.63) is 24.0 Å². The van der Waals surface area contributed by atoms with E-state index in [-0.39, 0.29) is 0 Å². The second-order valence-corrected chi connectivity index (χ2v) is 4.85. The quantitative estimate of drug-likeness (QED) is 0.717. The van der Waals surface area contributed by atoms with Crippen LogP contribution in [0.5, 0.6) is 0 Å². The molecule has 1 fully saturated rings. The Morgan fingerprint density at radius 3 is 3.28 bits per heavy atom. The highest BCUT2D eigenvalue weighted by Crippen LogP contribution is 2.16. The van der Waals surface area contributed by atoms with Crippen LogP contribution in [0.25, 0.3) is 0 Å². The van der Waals surface area contributed by atoms with Gasteiger partial charge in [-0.1, -0.05) is 0 Å². The summed E-state index contributed by atoms with van der Waals surface area (Å²) >= 11 is 0. The van der Waals surface area contributed by atoms with Crippen LogP contribution in [0, 0.1) is 0 Å². The van der Waals surface area contributed by atoms with Gasteiger partial charge in [-0.25, -0.2) is 0 Å². The Balaban J connectivity index is 1.65. The molecule has 0 radical (unpaired) electrons. The Morgan fingerprint density at radius 2 is 2.50 bits per heavy atom. The van der Waals surface area contributed by atoms with Gasteiger partial charge in [-0.2, -0.15) is 0 Å². The van der Waals surface area contributed by atoms with Crippen molar-refractivity contribution >= 4 is 0 Å². The van der Waals surface area contributed by atoms with Crippen LogP contribution in [0.2, 0.25) is 0 Å². The van der Waals surface area contributed by atoms with Gasteiger partial charge in [-0.05, 0) is 30.9 Å². The van der Waals surface area contributed by atoms with E-state index < -0.39 is 0 Å². The number of nitrogens with zero attached hydrogens (tertiary/aromatic N) is 1. The van der Waals surface area contributed by atoms with Gasteiger partial charge in [0.15, 0.2) is 0 Å². The third kappa shape index (κ3) is 4.44. The molecule has 0 spiro atoms.